The number of aliphatic hydroxyl groups is 1. The van der Waals surface area contributed by atoms with E-state index in [0.717, 1.165) is 46.7 Å². The van der Waals surface area contributed by atoms with Crippen LogP contribution in [0.15, 0.2) is 84.7 Å². The fraction of sp³-hybridized carbons (Fsp3) is 0.478. The molecule has 4 aliphatic carbocycles. The average molecular weight is 776 g/mol. The summed E-state index contributed by atoms with van der Waals surface area (Å²) >= 11 is 0. The van der Waals surface area contributed by atoms with Gasteiger partial charge in [0, 0.05) is 60.1 Å². The summed E-state index contributed by atoms with van der Waals surface area (Å²) in [5.41, 5.74) is 8.44. The Hall–Kier alpha value is -5.00. The first-order valence-corrected chi connectivity index (χ1v) is 20.2. The number of hydrogen-bond donors (Lipinski definition) is 3. The van der Waals surface area contributed by atoms with Gasteiger partial charge in [0.15, 0.2) is 11.6 Å². The molecule has 0 saturated heterocycles. The molecule has 11 nitrogen and oxygen atoms in total. The van der Waals surface area contributed by atoms with Gasteiger partial charge in [0.25, 0.3) is 0 Å². The molecule has 1 aromatic heterocycles. The van der Waals surface area contributed by atoms with Crippen LogP contribution in [0.3, 0.4) is 0 Å². The molecule has 3 aromatic rings. The zero-order valence-electron chi connectivity index (χ0n) is 32.9. The van der Waals surface area contributed by atoms with Gasteiger partial charge in [-0.2, -0.15) is 0 Å². The van der Waals surface area contributed by atoms with E-state index in [1.54, 1.807) is 48.8 Å². The SMILES string of the molecule is C[C@@H]1CC2[C@@H]3CCC4=CC(=O)C=C[C@]4(C)C3[C@@H](O)C[C@]2(C)[C@H]1C(=O)COC(=O)CCCC(=O)OCc1ccc([C@@H](CN)C(=O)Nc2ccc3cnccc3c2)cc1. The van der Waals surface area contributed by atoms with Gasteiger partial charge in [-0.1, -0.05) is 62.8 Å². The van der Waals surface area contributed by atoms with Crippen molar-refractivity contribution in [3.63, 3.8) is 0 Å². The highest BCUT2D eigenvalue weighted by Gasteiger charge is 2.64. The maximum absolute atomic E-state index is 13.7. The number of ether oxygens (including phenoxy) is 2. The van der Waals surface area contributed by atoms with E-state index in [0.29, 0.717) is 12.1 Å². The van der Waals surface area contributed by atoms with Crippen molar-refractivity contribution in [3.8, 4) is 0 Å². The van der Waals surface area contributed by atoms with Crippen LogP contribution < -0.4 is 11.1 Å². The Bertz CT molecular complexity index is 2110. The summed E-state index contributed by atoms with van der Waals surface area (Å²) in [6, 6.07) is 14.7. The summed E-state index contributed by atoms with van der Waals surface area (Å²) in [5.74, 6) is -1.73. The number of nitrogens with one attached hydrogen (secondary N) is 1. The summed E-state index contributed by atoms with van der Waals surface area (Å²) < 4.78 is 10.9. The van der Waals surface area contributed by atoms with Crippen LogP contribution in [0.4, 0.5) is 5.69 Å². The zero-order valence-corrected chi connectivity index (χ0v) is 32.9. The smallest absolute Gasteiger partial charge is 0.306 e. The maximum Gasteiger partial charge on any atom is 0.306 e. The van der Waals surface area contributed by atoms with Gasteiger partial charge in [-0.05, 0) is 102 Å². The van der Waals surface area contributed by atoms with Crippen LogP contribution in [0, 0.1) is 40.4 Å². The Labute approximate surface area is 333 Å². The minimum Gasteiger partial charge on any atom is -0.461 e. The van der Waals surface area contributed by atoms with Crippen molar-refractivity contribution in [2.75, 3.05) is 18.5 Å². The summed E-state index contributed by atoms with van der Waals surface area (Å²) in [6.45, 7) is 6.17. The average Bonchev–Trinajstić information content (AvgIpc) is 3.46. The molecule has 11 heteroatoms. The number of aromatic nitrogens is 1. The second kappa shape index (κ2) is 16.5. The van der Waals surface area contributed by atoms with E-state index >= 15 is 0 Å². The van der Waals surface area contributed by atoms with Crippen LogP contribution in [-0.4, -0.2) is 58.8 Å². The van der Waals surface area contributed by atoms with Crippen molar-refractivity contribution < 1.29 is 38.6 Å². The number of hydrogen-bond acceptors (Lipinski definition) is 10. The molecule has 4 N–H and O–H groups in total. The van der Waals surface area contributed by atoms with Crippen LogP contribution >= 0.6 is 0 Å². The number of nitrogens with two attached hydrogens (primary N) is 1. The molecule has 2 unspecified atom stereocenters. The molecule has 1 amide bonds. The molecule has 0 radical (unpaired) electrons. The number of anilines is 1. The van der Waals surface area contributed by atoms with Crippen molar-refractivity contribution in [1.29, 1.82) is 0 Å². The minimum absolute atomic E-state index is 0.00265. The first-order valence-electron chi connectivity index (χ1n) is 20.2. The normalized spacial score (nSPS) is 29.4. The highest BCUT2D eigenvalue weighted by molar-refractivity contribution is 6.01. The van der Waals surface area contributed by atoms with Crippen molar-refractivity contribution in [2.24, 2.45) is 46.2 Å². The van der Waals surface area contributed by atoms with Crippen LogP contribution in [-0.2, 0) is 40.1 Å². The molecule has 3 saturated carbocycles. The number of carbonyl (C=O) groups is 5. The highest BCUT2D eigenvalue weighted by atomic mass is 16.5. The van der Waals surface area contributed by atoms with Crippen LogP contribution in [0.5, 0.6) is 0 Å². The second-order valence-corrected chi connectivity index (χ2v) is 17.1. The van der Waals surface area contributed by atoms with Gasteiger partial charge < -0.3 is 25.6 Å². The third-order valence-electron chi connectivity index (χ3n) is 13.6. The van der Waals surface area contributed by atoms with Gasteiger partial charge in [-0.3, -0.25) is 29.0 Å². The Morgan fingerprint density at radius 1 is 1.02 bits per heavy atom. The van der Waals surface area contributed by atoms with E-state index in [-0.39, 0.29) is 91.5 Å². The Kier molecular flexibility index (Phi) is 11.6. The van der Waals surface area contributed by atoms with Crippen LogP contribution in [0.2, 0.25) is 0 Å². The number of nitrogens with zero attached hydrogens (tertiary/aromatic N) is 1. The number of aliphatic hydroxyl groups excluding tert-OH is 1. The topological polar surface area (TPSA) is 175 Å². The largest absolute Gasteiger partial charge is 0.461 e. The van der Waals surface area contributed by atoms with Crippen molar-refractivity contribution in [1.82, 2.24) is 4.98 Å². The fourth-order valence-corrected chi connectivity index (χ4v) is 10.9. The standard InChI is InChI=1S/C46H53N3O8/c1-27-19-37-35-14-12-32-21-34(50)15-17-45(32,2)43(35)38(51)22-46(37,3)42(27)39(52)26-57-41(54)6-4-5-40(53)56-25-28-7-9-29(10-8-28)36(23-47)44(55)49-33-13-11-31-24-48-18-16-30(31)20-33/h7-11,13,15-18,20-21,24,27,35-38,42-43,51H,4-6,12,14,19,22-23,25-26,47H2,1-3H3,(H,49,55)/t27-,35+,36-,37?,38+,42-,43?,45+,46+/m1/s1. The Balaban J connectivity index is 0.840. The number of amides is 1. The molecule has 7 rings (SSSR count). The summed E-state index contributed by atoms with van der Waals surface area (Å²) in [5, 5.41) is 16.5. The molecule has 0 aliphatic heterocycles. The Morgan fingerprint density at radius 3 is 2.53 bits per heavy atom. The third-order valence-corrected chi connectivity index (χ3v) is 13.6. The van der Waals surface area contributed by atoms with Crippen molar-refractivity contribution >= 4 is 45.9 Å². The third kappa shape index (κ3) is 8.09. The molecule has 57 heavy (non-hydrogen) atoms. The molecule has 300 valence electrons. The number of esters is 2. The second-order valence-electron chi connectivity index (χ2n) is 17.1. The maximum atomic E-state index is 13.7. The molecule has 2 aromatic carbocycles. The molecule has 3 fully saturated rings. The quantitative estimate of drug-likeness (QED) is 0.165. The number of ketones is 2. The highest BCUT2D eigenvalue weighted by Crippen LogP contribution is 2.67. The first kappa shape index (κ1) is 40.2. The van der Waals surface area contributed by atoms with E-state index in [1.807, 2.05) is 30.3 Å². The van der Waals surface area contributed by atoms with Gasteiger partial charge in [-0.15, -0.1) is 0 Å². The fourth-order valence-electron chi connectivity index (χ4n) is 10.9. The van der Waals surface area contributed by atoms with Crippen LogP contribution in [0.25, 0.3) is 10.8 Å². The predicted octanol–water partition coefficient (Wildman–Crippen LogP) is 6.38. The monoisotopic (exact) mass is 775 g/mol. The van der Waals surface area contributed by atoms with E-state index in [1.165, 1.54) is 0 Å². The molecular weight excluding hydrogens is 723 g/mol. The van der Waals surface area contributed by atoms with Gasteiger partial charge in [0.1, 0.15) is 13.2 Å². The molecule has 9 atom stereocenters. The lowest BCUT2D eigenvalue weighted by atomic mass is 9.46. The van der Waals surface area contributed by atoms with E-state index in [9.17, 15) is 29.1 Å². The van der Waals surface area contributed by atoms with E-state index in [2.05, 4.69) is 31.1 Å². The number of fused-ring (bicyclic) bond motifs is 6. The van der Waals surface area contributed by atoms with Gasteiger partial charge in [0.05, 0.1) is 12.0 Å². The Morgan fingerprint density at radius 2 is 1.77 bits per heavy atom. The zero-order chi connectivity index (χ0) is 40.5. The summed E-state index contributed by atoms with van der Waals surface area (Å²) in [7, 11) is 0. The number of carbonyl (C=O) groups excluding carboxylic acids is 5. The minimum atomic E-state index is -0.618. The van der Waals surface area contributed by atoms with Crippen molar-refractivity contribution in [3.05, 3.63) is 95.9 Å². The van der Waals surface area contributed by atoms with Gasteiger partial charge in [0.2, 0.25) is 5.91 Å². The number of benzene rings is 2. The lowest BCUT2D eigenvalue weighted by Crippen LogP contribution is -2.56. The van der Waals surface area contributed by atoms with Crippen molar-refractivity contribution in [2.45, 2.75) is 84.3 Å². The van der Waals surface area contributed by atoms with E-state index < -0.39 is 29.4 Å². The first-order chi connectivity index (χ1) is 27.3. The lowest BCUT2D eigenvalue weighted by Gasteiger charge is -2.58. The lowest BCUT2D eigenvalue weighted by molar-refractivity contribution is -0.154. The number of allylic oxidation sites excluding steroid dienone is 4. The van der Waals surface area contributed by atoms with E-state index in [4.69, 9.17) is 15.2 Å². The molecule has 4 aliphatic rings. The number of rotatable bonds is 13. The molecule has 1 heterocycles. The predicted molar refractivity (Wildman–Crippen MR) is 214 cm³/mol. The summed E-state index contributed by atoms with van der Waals surface area (Å²) in [4.78, 5) is 68.3. The van der Waals surface area contributed by atoms with Gasteiger partial charge >= 0.3 is 11.9 Å². The molecule has 0 bridgehead atoms. The van der Waals surface area contributed by atoms with Gasteiger partial charge in [-0.25, -0.2) is 0 Å². The molecule has 0 spiro atoms. The molecular formula is C46H53N3O8. The number of pyridine rings is 1. The number of Topliss-reactive ketones (excluding diaryl/α,β-unsaturated/α-hetero) is 1. The summed E-state index contributed by atoms with van der Waals surface area (Å²) in [6.07, 6.45) is 11.5. The van der Waals surface area contributed by atoms with Crippen LogP contribution in [0.1, 0.15) is 82.8 Å².